The molecule has 1 aliphatic rings. The van der Waals surface area contributed by atoms with Crippen LogP contribution in [0.4, 0.5) is 4.79 Å². The van der Waals surface area contributed by atoms with E-state index in [0.717, 1.165) is 11.1 Å². The average molecular weight is 335 g/mol. The average Bonchev–Trinajstić information content (AvgIpc) is 2.79. The number of carbonyl (C=O) groups is 2. The molecule has 6 nitrogen and oxygen atoms in total. The van der Waals surface area contributed by atoms with Crippen molar-refractivity contribution in [2.24, 2.45) is 0 Å². The highest BCUT2D eigenvalue weighted by atomic mass is 16.6. The molecule has 0 aliphatic heterocycles. The van der Waals surface area contributed by atoms with Gasteiger partial charge in [0.05, 0.1) is 6.61 Å². The Morgan fingerprint density at radius 2 is 2.00 bits per heavy atom. The standard InChI is InChI=1S/C18H25NO5/c1-11(16(20)21)23-10-14-13-8-6-5-7-12(13)9-15(14)19-17(22)24-18(2,3)4/h5-8,11,14-15H,9-10H2,1-4H3,(H,19,22)(H,20,21)/t11?,14-,15-/m1/s1. The van der Waals surface area contributed by atoms with Gasteiger partial charge in [-0.15, -0.1) is 0 Å². The largest absolute Gasteiger partial charge is 0.479 e. The fourth-order valence-electron chi connectivity index (χ4n) is 2.81. The summed E-state index contributed by atoms with van der Waals surface area (Å²) in [7, 11) is 0. The summed E-state index contributed by atoms with van der Waals surface area (Å²) in [6.07, 6.45) is -0.693. The molecule has 0 fully saturated rings. The van der Waals surface area contributed by atoms with E-state index in [1.54, 1.807) is 0 Å². The van der Waals surface area contributed by atoms with Crippen LogP contribution < -0.4 is 5.32 Å². The molecule has 24 heavy (non-hydrogen) atoms. The van der Waals surface area contributed by atoms with Crippen LogP contribution in [0.2, 0.25) is 0 Å². The SMILES string of the molecule is CC(OC[C@@H]1c2ccccc2C[C@H]1NC(=O)OC(C)(C)C)C(=O)O. The molecule has 0 radical (unpaired) electrons. The van der Waals surface area contributed by atoms with Gasteiger partial charge in [0, 0.05) is 12.0 Å². The Morgan fingerprint density at radius 3 is 2.62 bits per heavy atom. The van der Waals surface area contributed by atoms with E-state index in [9.17, 15) is 9.59 Å². The first-order chi connectivity index (χ1) is 11.2. The number of carboxylic acids is 1. The van der Waals surface area contributed by atoms with Crippen molar-refractivity contribution in [2.45, 2.75) is 57.8 Å². The quantitative estimate of drug-likeness (QED) is 0.864. The molecule has 1 aromatic rings. The molecule has 2 N–H and O–H groups in total. The van der Waals surface area contributed by atoms with Crippen LogP contribution >= 0.6 is 0 Å². The molecule has 3 atom stereocenters. The monoisotopic (exact) mass is 335 g/mol. The molecule has 0 saturated carbocycles. The van der Waals surface area contributed by atoms with Gasteiger partial charge in [-0.05, 0) is 45.2 Å². The van der Waals surface area contributed by atoms with E-state index >= 15 is 0 Å². The lowest BCUT2D eigenvalue weighted by Crippen LogP contribution is -2.42. The van der Waals surface area contributed by atoms with Crippen molar-refractivity contribution in [3.8, 4) is 0 Å². The molecule has 0 bridgehead atoms. The van der Waals surface area contributed by atoms with Crippen LogP contribution in [0, 0.1) is 0 Å². The van der Waals surface area contributed by atoms with Crippen molar-refractivity contribution in [3.63, 3.8) is 0 Å². The summed E-state index contributed by atoms with van der Waals surface area (Å²) in [5.41, 5.74) is 1.64. The maximum atomic E-state index is 12.1. The molecular formula is C18H25NO5. The number of rotatable bonds is 5. The molecule has 1 aromatic carbocycles. The molecule has 0 heterocycles. The fraction of sp³-hybridized carbons (Fsp3) is 0.556. The van der Waals surface area contributed by atoms with Gasteiger partial charge in [0.25, 0.3) is 0 Å². The maximum absolute atomic E-state index is 12.1. The molecule has 0 aromatic heterocycles. The number of alkyl carbamates (subject to hydrolysis) is 1. The molecule has 1 aliphatic carbocycles. The van der Waals surface area contributed by atoms with E-state index < -0.39 is 23.8 Å². The molecule has 0 spiro atoms. The minimum absolute atomic E-state index is 0.101. The highest BCUT2D eigenvalue weighted by molar-refractivity contribution is 5.71. The van der Waals surface area contributed by atoms with E-state index in [1.807, 2.05) is 45.0 Å². The van der Waals surface area contributed by atoms with Gasteiger partial charge in [-0.25, -0.2) is 9.59 Å². The van der Waals surface area contributed by atoms with Crippen molar-refractivity contribution in [1.82, 2.24) is 5.32 Å². The normalized spacial score (nSPS) is 21.0. The summed E-state index contributed by atoms with van der Waals surface area (Å²) >= 11 is 0. The predicted molar refractivity (Wildman–Crippen MR) is 89.1 cm³/mol. The lowest BCUT2D eigenvalue weighted by molar-refractivity contribution is -0.149. The maximum Gasteiger partial charge on any atom is 0.407 e. The van der Waals surface area contributed by atoms with Crippen LogP contribution in [0.15, 0.2) is 24.3 Å². The number of nitrogens with one attached hydrogen (secondary N) is 1. The van der Waals surface area contributed by atoms with E-state index in [2.05, 4.69) is 5.32 Å². The zero-order chi connectivity index (χ0) is 17.9. The summed E-state index contributed by atoms with van der Waals surface area (Å²) in [4.78, 5) is 23.0. The van der Waals surface area contributed by atoms with Crippen LogP contribution in [0.1, 0.15) is 44.7 Å². The number of benzene rings is 1. The van der Waals surface area contributed by atoms with Crippen LogP contribution in [-0.4, -0.2) is 41.5 Å². The lowest BCUT2D eigenvalue weighted by Gasteiger charge is -2.25. The van der Waals surface area contributed by atoms with Gasteiger partial charge in [-0.1, -0.05) is 24.3 Å². The van der Waals surface area contributed by atoms with E-state index in [0.29, 0.717) is 6.42 Å². The van der Waals surface area contributed by atoms with Crippen LogP contribution in [0.25, 0.3) is 0 Å². The third kappa shape index (κ3) is 4.71. The van der Waals surface area contributed by atoms with Crippen molar-refractivity contribution in [3.05, 3.63) is 35.4 Å². The minimum Gasteiger partial charge on any atom is -0.479 e. The summed E-state index contributed by atoms with van der Waals surface area (Å²) in [5, 5.41) is 11.9. The Morgan fingerprint density at radius 1 is 1.33 bits per heavy atom. The van der Waals surface area contributed by atoms with E-state index in [4.69, 9.17) is 14.6 Å². The second kappa shape index (κ2) is 7.21. The number of fused-ring (bicyclic) bond motifs is 1. The van der Waals surface area contributed by atoms with Crippen molar-refractivity contribution >= 4 is 12.1 Å². The number of amides is 1. The first-order valence-electron chi connectivity index (χ1n) is 8.09. The third-order valence-electron chi connectivity index (χ3n) is 3.96. The third-order valence-corrected chi connectivity index (χ3v) is 3.96. The minimum atomic E-state index is -1.00. The highest BCUT2D eigenvalue weighted by Gasteiger charge is 2.35. The van der Waals surface area contributed by atoms with Crippen LogP contribution in [0.3, 0.4) is 0 Å². The summed E-state index contributed by atoms with van der Waals surface area (Å²) in [5.74, 6) is -1.10. The summed E-state index contributed by atoms with van der Waals surface area (Å²) in [6.45, 7) is 7.16. The molecular weight excluding hydrogens is 310 g/mol. The van der Waals surface area contributed by atoms with E-state index in [1.165, 1.54) is 6.92 Å². The zero-order valence-corrected chi connectivity index (χ0v) is 14.5. The molecule has 132 valence electrons. The second-order valence-electron chi connectivity index (χ2n) is 7.08. The Balaban J connectivity index is 2.09. The second-order valence-corrected chi connectivity index (χ2v) is 7.08. The Hall–Kier alpha value is -2.08. The molecule has 0 saturated heterocycles. The number of aliphatic carboxylic acids is 1. The number of ether oxygens (including phenoxy) is 2. The molecule has 1 amide bonds. The molecule has 6 heteroatoms. The zero-order valence-electron chi connectivity index (χ0n) is 14.5. The fourth-order valence-corrected chi connectivity index (χ4v) is 2.81. The first kappa shape index (κ1) is 18.3. The van der Waals surface area contributed by atoms with Crippen molar-refractivity contribution in [1.29, 1.82) is 0 Å². The number of hydrogen-bond donors (Lipinski definition) is 2. The van der Waals surface area contributed by atoms with Gasteiger partial charge in [-0.2, -0.15) is 0 Å². The van der Waals surface area contributed by atoms with Gasteiger partial charge in [-0.3, -0.25) is 0 Å². The summed E-state index contributed by atoms with van der Waals surface area (Å²) < 4.78 is 10.8. The number of carbonyl (C=O) groups excluding carboxylic acids is 1. The Kier molecular flexibility index (Phi) is 5.49. The Labute approximate surface area is 142 Å². The smallest absolute Gasteiger partial charge is 0.407 e. The Bertz CT molecular complexity index is 608. The number of hydrogen-bond acceptors (Lipinski definition) is 4. The van der Waals surface area contributed by atoms with Crippen LogP contribution in [-0.2, 0) is 20.7 Å². The van der Waals surface area contributed by atoms with Crippen LogP contribution in [0.5, 0.6) is 0 Å². The van der Waals surface area contributed by atoms with Gasteiger partial charge < -0.3 is 19.9 Å². The molecule has 1 unspecified atom stereocenters. The molecule has 2 rings (SSSR count). The van der Waals surface area contributed by atoms with Crippen molar-refractivity contribution < 1.29 is 24.2 Å². The lowest BCUT2D eigenvalue weighted by atomic mass is 9.99. The van der Waals surface area contributed by atoms with Gasteiger partial charge in [0.2, 0.25) is 0 Å². The van der Waals surface area contributed by atoms with Gasteiger partial charge in [0.15, 0.2) is 6.10 Å². The topological polar surface area (TPSA) is 84.9 Å². The van der Waals surface area contributed by atoms with Gasteiger partial charge in [0.1, 0.15) is 5.60 Å². The predicted octanol–water partition coefficient (Wildman–Crippen LogP) is 2.71. The van der Waals surface area contributed by atoms with Gasteiger partial charge >= 0.3 is 12.1 Å². The first-order valence-corrected chi connectivity index (χ1v) is 8.09. The number of carboxylic acid groups (broad SMARTS) is 1. The van der Waals surface area contributed by atoms with Crippen molar-refractivity contribution in [2.75, 3.05) is 6.61 Å². The van der Waals surface area contributed by atoms with E-state index in [-0.39, 0.29) is 18.6 Å². The summed E-state index contributed by atoms with van der Waals surface area (Å²) in [6, 6.07) is 7.71. The highest BCUT2D eigenvalue weighted by Crippen LogP contribution is 2.34.